The summed E-state index contributed by atoms with van der Waals surface area (Å²) in [5.74, 6) is 0.594. The summed E-state index contributed by atoms with van der Waals surface area (Å²) >= 11 is 0. The largest absolute Gasteiger partial charge is 0.347 e. The fourth-order valence-corrected chi connectivity index (χ4v) is 2.03. The number of nitrogens with two attached hydrogens (primary N) is 1. The molecule has 0 radical (unpaired) electrons. The van der Waals surface area contributed by atoms with E-state index in [0.29, 0.717) is 5.92 Å². The van der Waals surface area contributed by atoms with E-state index in [1.807, 2.05) is 0 Å². The molecule has 2 heteroatoms. The molecule has 2 N–H and O–H groups in total. The van der Waals surface area contributed by atoms with Gasteiger partial charge in [0.1, 0.15) is 0 Å². The smallest absolute Gasteiger partial charge is 0.0480 e. The summed E-state index contributed by atoms with van der Waals surface area (Å²) in [4.78, 5) is 0. The van der Waals surface area contributed by atoms with Gasteiger partial charge in [-0.15, -0.1) is 0 Å². The average molecular weight is 216 g/mol. The van der Waals surface area contributed by atoms with E-state index in [-0.39, 0.29) is 0 Å². The second kappa shape index (κ2) is 4.71. The molecule has 0 atom stereocenters. The molecule has 86 valence electrons. The zero-order valence-electron chi connectivity index (χ0n) is 10.1. The van der Waals surface area contributed by atoms with Crippen LogP contribution in [-0.2, 0) is 6.54 Å². The van der Waals surface area contributed by atoms with Gasteiger partial charge in [-0.05, 0) is 48.0 Å². The molecule has 2 nitrogen and oxygen atoms in total. The van der Waals surface area contributed by atoms with Crippen molar-refractivity contribution in [2.45, 2.75) is 32.7 Å². The van der Waals surface area contributed by atoms with E-state index in [9.17, 15) is 0 Å². The lowest BCUT2D eigenvalue weighted by atomic mass is 10.0. The van der Waals surface area contributed by atoms with Gasteiger partial charge in [-0.3, -0.25) is 0 Å². The highest BCUT2D eigenvalue weighted by Gasteiger charge is 2.04. The van der Waals surface area contributed by atoms with Crippen LogP contribution in [0.15, 0.2) is 30.5 Å². The average Bonchev–Trinajstić information content (AvgIpc) is 2.68. The number of fused-ring (bicyclic) bond motifs is 1. The molecule has 0 unspecified atom stereocenters. The van der Waals surface area contributed by atoms with Crippen LogP contribution in [0, 0.1) is 0 Å². The minimum atomic E-state index is 0.594. The summed E-state index contributed by atoms with van der Waals surface area (Å²) in [6.07, 6.45) is 3.19. The molecule has 0 spiro atoms. The number of rotatable bonds is 4. The Bertz CT molecular complexity index is 469. The molecule has 1 aromatic carbocycles. The molecule has 0 aliphatic heterocycles. The van der Waals surface area contributed by atoms with Crippen LogP contribution in [-0.4, -0.2) is 11.1 Å². The number of benzene rings is 1. The quantitative estimate of drug-likeness (QED) is 0.836. The van der Waals surface area contributed by atoms with Gasteiger partial charge in [0.25, 0.3) is 0 Å². The maximum absolute atomic E-state index is 5.54. The molecule has 1 aromatic heterocycles. The molecular weight excluding hydrogens is 196 g/mol. The normalized spacial score (nSPS) is 11.5. The van der Waals surface area contributed by atoms with Gasteiger partial charge in [-0.25, -0.2) is 0 Å². The molecule has 2 aromatic rings. The van der Waals surface area contributed by atoms with Gasteiger partial charge in [-0.2, -0.15) is 0 Å². The highest BCUT2D eigenvalue weighted by atomic mass is 14.9. The standard InChI is InChI=1S/C14H20N2/c1-11(2)12-4-5-14-13(10-12)6-9-16(14)8-3-7-15/h4-6,9-11H,3,7-8,15H2,1-2H3. The van der Waals surface area contributed by atoms with Crippen molar-refractivity contribution in [1.29, 1.82) is 0 Å². The van der Waals surface area contributed by atoms with Crippen LogP contribution in [0.25, 0.3) is 10.9 Å². The monoisotopic (exact) mass is 216 g/mol. The van der Waals surface area contributed by atoms with Crippen LogP contribution >= 0.6 is 0 Å². The van der Waals surface area contributed by atoms with Crippen molar-refractivity contribution in [2.75, 3.05) is 6.54 Å². The highest BCUT2D eigenvalue weighted by Crippen LogP contribution is 2.22. The first-order chi connectivity index (χ1) is 7.72. The third-order valence-corrected chi connectivity index (χ3v) is 3.06. The molecule has 1 heterocycles. The summed E-state index contributed by atoms with van der Waals surface area (Å²) in [6, 6.07) is 8.93. The highest BCUT2D eigenvalue weighted by molar-refractivity contribution is 5.81. The van der Waals surface area contributed by atoms with Crippen LogP contribution in [0.1, 0.15) is 31.7 Å². The third-order valence-electron chi connectivity index (χ3n) is 3.06. The molecule has 0 saturated heterocycles. The second-order valence-electron chi connectivity index (χ2n) is 4.62. The Labute approximate surface area is 97.1 Å². The van der Waals surface area contributed by atoms with Crippen molar-refractivity contribution in [1.82, 2.24) is 4.57 Å². The lowest BCUT2D eigenvalue weighted by Crippen LogP contribution is -2.04. The van der Waals surface area contributed by atoms with Gasteiger partial charge in [0, 0.05) is 18.3 Å². The molecule has 0 fully saturated rings. The number of aromatic nitrogens is 1. The first-order valence-electron chi connectivity index (χ1n) is 6.01. The van der Waals surface area contributed by atoms with Crippen LogP contribution < -0.4 is 5.73 Å². The lowest BCUT2D eigenvalue weighted by molar-refractivity contribution is 0.671. The van der Waals surface area contributed by atoms with Crippen molar-refractivity contribution in [2.24, 2.45) is 5.73 Å². The van der Waals surface area contributed by atoms with Gasteiger partial charge < -0.3 is 10.3 Å². The molecule has 0 amide bonds. The lowest BCUT2D eigenvalue weighted by Gasteiger charge is -2.07. The van der Waals surface area contributed by atoms with E-state index in [1.54, 1.807) is 0 Å². The zero-order chi connectivity index (χ0) is 11.5. The first-order valence-corrected chi connectivity index (χ1v) is 6.01. The number of nitrogens with zero attached hydrogens (tertiary/aromatic N) is 1. The third kappa shape index (κ3) is 2.12. The molecular formula is C14H20N2. The van der Waals surface area contributed by atoms with Gasteiger partial charge in [0.05, 0.1) is 0 Å². The van der Waals surface area contributed by atoms with Crippen molar-refractivity contribution in [3.8, 4) is 0 Å². The fourth-order valence-electron chi connectivity index (χ4n) is 2.03. The molecule has 0 aliphatic rings. The van der Waals surface area contributed by atoms with Crippen molar-refractivity contribution < 1.29 is 0 Å². The summed E-state index contributed by atoms with van der Waals surface area (Å²) < 4.78 is 2.28. The molecule has 0 aliphatic carbocycles. The van der Waals surface area contributed by atoms with Crippen LogP contribution in [0.3, 0.4) is 0 Å². The Hall–Kier alpha value is -1.28. The predicted molar refractivity (Wildman–Crippen MR) is 69.7 cm³/mol. The van der Waals surface area contributed by atoms with E-state index in [2.05, 4.69) is 48.9 Å². The first kappa shape index (κ1) is 11.2. The summed E-state index contributed by atoms with van der Waals surface area (Å²) in [6.45, 7) is 6.23. The minimum absolute atomic E-state index is 0.594. The number of hydrogen-bond donors (Lipinski definition) is 1. The molecule has 16 heavy (non-hydrogen) atoms. The van der Waals surface area contributed by atoms with Gasteiger partial charge >= 0.3 is 0 Å². The van der Waals surface area contributed by atoms with Crippen LogP contribution in [0.5, 0.6) is 0 Å². The Morgan fingerprint density at radius 3 is 2.75 bits per heavy atom. The van der Waals surface area contributed by atoms with E-state index in [0.717, 1.165) is 19.5 Å². The van der Waals surface area contributed by atoms with Crippen LogP contribution in [0.2, 0.25) is 0 Å². The topological polar surface area (TPSA) is 30.9 Å². The number of hydrogen-bond acceptors (Lipinski definition) is 1. The maximum Gasteiger partial charge on any atom is 0.0480 e. The Balaban J connectivity index is 2.35. The molecule has 2 rings (SSSR count). The van der Waals surface area contributed by atoms with E-state index in [1.165, 1.54) is 16.5 Å². The Morgan fingerprint density at radius 1 is 1.25 bits per heavy atom. The fraction of sp³-hybridized carbons (Fsp3) is 0.429. The summed E-state index contributed by atoms with van der Waals surface area (Å²) in [5, 5.41) is 1.34. The van der Waals surface area contributed by atoms with Gasteiger partial charge in [0.2, 0.25) is 0 Å². The van der Waals surface area contributed by atoms with Gasteiger partial charge in [0.15, 0.2) is 0 Å². The maximum atomic E-state index is 5.54. The van der Waals surface area contributed by atoms with Crippen molar-refractivity contribution in [3.63, 3.8) is 0 Å². The SMILES string of the molecule is CC(C)c1ccc2c(ccn2CCCN)c1. The van der Waals surface area contributed by atoms with E-state index in [4.69, 9.17) is 5.73 Å². The Kier molecular flexibility index (Phi) is 3.30. The summed E-state index contributed by atoms with van der Waals surface area (Å²) in [7, 11) is 0. The summed E-state index contributed by atoms with van der Waals surface area (Å²) in [5.41, 5.74) is 8.26. The predicted octanol–water partition coefficient (Wildman–Crippen LogP) is 3.11. The van der Waals surface area contributed by atoms with E-state index < -0.39 is 0 Å². The Morgan fingerprint density at radius 2 is 2.06 bits per heavy atom. The molecule has 0 saturated carbocycles. The zero-order valence-corrected chi connectivity index (χ0v) is 10.1. The van der Waals surface area contributed by atoms with Gasteiger partial charge in [-0.1, -0.05) is 19.9 Å². The second-order valence-corrected chi connectivity index (χ2v) is 4.62. The molecule has 0 bridgehead atoms. The minimum Gasteiger partial charge on any atom is -0.347 e. The number of aryl methyl sites for hydroxylation is 1. The van der Waals surface area contributed by atoms with Crippen molar-refractivity contribution >= 4 is 10.9 Å². The van der Waals surface area contributed by atoms with Crippen molar-refractivity contribution in [3.05, 3.63) is 36.0 Å². The van der Waals surface area contributed by atoms with Crippen LogP contribution in [0.4, 0.5) is 0 Å². The van der Waals surface area contributed by atoms with E-state index >= 15 is 0 Å².